The molecule has 0 aliphatic rings. The van der Waals surface area contributed by atoms with E-state index in [1.807, 2.05) is 11.8 Å². The summed E-state index contributed by atoms with van der Waals surface area (Å²) in [5.74, 6) is 3.37. The summed E-state index contributed by atoms with van der Waals surface area (Å²) in [6, 6.07) is 0.672. The van der Waals surface area contributed by atoms with E-state index in [1.54, 1.807) is 0 Å². The monoisotopic (exact) mass is 231 g/mol. The first-order valence-electron chi connectivity index (χ1n) is 6.55. The standard InChI is InChI=1S/C13H29NS/c1-5-8-9-13(6-2)10-14-12(4)11-15-7-3/h12-14H,5-11H2,1-4H3. The van der Waals surface area contributed by atoms with E-state index in [1.165, 1.54) is 43.7 Å². The molecule has 0 aliphatic carbocycles. The van der Waals surface area contributed by atoms with Crippen molar-refractivity contribution in [1.29, 1.82) is 0 Å². The fourth-order valence-corrected chi connectivity index (χ4v) is 2.37. The van der Waals surface area contributed by atoms with Crippen molar-refractivity contribution < 1.29 is 0 Å². The zero-order valence-electron chi connectivity index (χ0n) is 11.0. The molecule has 0 aromatic heterocycles. The van der Waals surface area contributed by atoms with Gasteiger partial charge in [-0.3, -0.25) is 0 Å². The number of nitrogens with one attached hydrogen (secondary N) is 1. The highest BCUT2D eigenvalue weighted by atomic mass is 32.2. The van der Waals surface area contributed by atoms with Crippen LogP contribution in [0.25, 0.3) is 0 Å². The minimum absolute atomic E-state index is 0.672. The summed E-state index contributed by atoms with van der Waals surface area (Å²) in [5, 5.41) is 3.66. The normalized spacial score (nSPS) is 15.2. The van der Waals surface area contributed by atoms with Gasteiger partial charge >= 0.3 is 0 Å². The Bertz CT molecular complexity index is 128. The molecule has 0 saturated carbocycles. The number of rotatable bonds is 10. The maximum absolute atomic E-state index is 3.66. The highest BCUT2D eigenvalue weighted by Crippen LogP contribution is 2.12. The van der Waals surface area contributed by atoms with E-state index in [2.05, 4.69) is 33.0 Å². The third kappa shape index (κ3) is 9.25. The minimum Gasteiger partial charge on any atom is -0.313 e. The molecular weight excluding hydrogens is 202 g/mol. The molecule has 0 radical (unpaired) electrons. The van der Waals surface area contributed by atoms with Gasteiger partial charge in [-0.2, -0.15) is 11.8 Å². The smallest absolute Gasteiger partial charge is 0.0130 e. The van der Waals surface area contributed by atoms with Crippen LogP contribution in [0.5, 0.6) is 0 Å². The predicted octanol–water partition coefficient (Wildman–Crippen LogP) is 3.93. The molecular formula is C13H29NS. The molecule has 0 amide bonds. The van der Waals surface area contributed by atoms with Gasteiger partial charge in [-0.25, -0.2) is 0 Å². The van der Waals surface area contributed by atoms with Gasteiger partial charge < -0.3 is 5.32 Å². The Morgan fingerprint density at radius 2 is 1.93 bits per heavy atom. The van der Waals surface area contributed by atoms with Crippen LogP contribution in [0.1, 0.15) is 53.4 Å². The van der Waals surface area contributed by atoms with Crippen LogP contribution in [0.15, 0.2) is 0 Å². The molecule has 0 aromatic carbocycles. The van der Waals surface area contributed by atoms with Crippen molar-refractivity contribution in [3.8, 4) is 0 Å². The van der Waals surface area contributed by atoms with E-state index in [4.69, 9.17) is 0 Å². The van der Waals surface area contributed by atoms with Crippen LogP contribution in [-0.2, 0) is 0 Å². The van der Waals surface area contributed by atoms with Crippen LogP contribution in [0, 0.1) is 5.92 Å². The van der Waals surface area contributed by atoms with Crippen molar-refractivity contribution in [2.24, 2.45) is 5.92 Å². The van der Waals surface area contributed by atoms with Crippen LogP contribution in [0.3, 0.4) is 0 Å². The molecule has 92 valence electrons. The van der Waals surface area contributed by atoms with E-state index in [-0.39, 0.29) is 0 Å². The fourth-order valence-electron chi connectivity index (χ4n) is 1.66. The summed E-state index contributed by atoms with van der Waals surface area (Å²) < 4.78 is 0. The van der Waals surface area contributed by atoms with Gasteiger partial charge in [0.15, 0.2) is 0 Å². The topological polar surface area (TPSA) is 12.0 Å². The Balaban J connectivity index is 3.50. The first-order valence-corrected chi connectivity index (χ1v) is 7.71. The summed E-state index contributed by atoms with van der Waals surface area (Å²) in [6.45, 7) is 10.3. The Morgan fingerprint density at radius 1 is 1.20 bits per heavy atom. The predicted molar refractivity (Wildman–Crippen MR) is 73.8 cm³/mol. The van der Waals surface area contributed by atoms with Gasteiger partial charge in [0.2, 0.25) is 0 Å². The first-order chi connectivity index (χ1) is 7.24. The van der Waals surface area contributed by atoms with E-state index < -0.39 is 0 Å². The summed E-state index contributed by atoms with van der Waals surface area (Å²) in [6.07, 6.45) is 5.43. The highest BCUT2D eigenvalue weighted by Gasteiger charge is 2.07. The van der Waals surface area contributed by atoms with E-state index in [9.17, 15) is 0 Å². The van der Waals surface area contributed by atoms with Gasteiger partial charge in [0, 0.05) is 11.8 Å². The number of hydrogen-bond acceptors (Lipinski definition) is 2. The van der Waals surface area contributed by atoms with Gasteiger partial charge in [0.05, 0.1) is 0 Å². The molecule has 0 bridgehead atoms. The van der Waals surface area contributed by atoms with Crippen LogP contribution in [-0.4, -0.2) is 24.1 Å². The van der Waals surface area contributed by atoms with Gasteiger partial charge in [0.25, 0.3) is 0 Å². The second kappa shape index (κ2) is 10.8. The average Bonchev–Trinajstić information content (AvgIpc) is 2.26. The molecule has 0 heterocycles. The third-order valence-corrected chi connectivity index (χ3v) is 4.01. The summed E-state index contributed by atoms with van der Waals surface area (Å²) in [7, 11) is 0. The summed E-state index contributed by atoms with van der Waals surface area (Å²) >= 11 is 2.03. The Kier molecular flexibility index (Phi) is 11.0. The lowest BCUT2D eigenvalue weighted by Gasteiger charge is -2.19. The maximum atomic E-state index is 3.66. The molecule has 2 atom stereocenters. The van der Waals surface area contributed by atoms with Crippen molar-refractivity contribution in [2.75, 3.05) is 18.1 Å². The van der Waals surface area contributed by atoms with E-state index in [0.29, 0.717) is 6.04 Å². The Labute approximate surface area is 101 Å². The Hall–Kier alpha value is 0.310. The highest BCUT2D eigenvalue weighted by molar-refractivity contribution is 7.99. The lowest BCUT2D eigenvalue weighted by Crippen LogP contribution is -2.32. The lowest BCUT2D eigenvalue weighted by molar-refractivity contribution is 0.404. The largest absolute Gasteiger partial charge is 0.313 e. The van der Waals surface area contributed by atoms with E-state index in [0.717, 1.165) is 5.92 Å². The van der Waals surface area contributed by atoms with Crippen molar-refractivity contribution in [1.82, 2.24) is 5.32 Å². The second-order valence-electron chi connectivity index (χ2n) is 4.39. The van der Waals surface area contributed by atoms with Crippen molar-refractivity contribution in [3.63, 3.8) is 0 Å². The van der Waals surface area contributed by atoms with E-state index >= 15 is 0 Å². The molecule has 1 nitrogen and oxygen atoms in total. The SMILES string of the molecule is CCCCC(CC)CNC(C)CSCC. The molecule has 0 rings (SSSR count). The van der Waals surface area contributed by atoms with Gasteiger partial charge in [0.1, 0.15) is 0 Å². The quantitative estimate of drug-likeness (QED) is 0.611. The number of thioether (sulfide) groups is 1. The zero-order valence-corrected chi connectivity index (χ0v) is 11.8. The zero-order chi connectivity index (χ0) is 11.5. The van der Waals surface area contributed by atoms with Crippen molar-refractivity contribution in [3.05, 3.63) is 0 Å². The molecule has 0 aliphatic heterocycles. The molecule has 2 unspecified atom stereocenters. The van der Waals surface area contributed by atoms with Crippen LogP contribution in [0.4, 0.5) is 0 Å². The van der Waals surface area contributed by atoms with Gasteiger partial charge in [-0.05, 0) is 31.6 Å². The van der Waals surface area contributed by atoms with Crippen LogP contribution < -0.4 is 5.32 Å². The number of unbranched alkanes of at least 4 members (excludes halogenated alkanes) is 1. The molecule has 0 spiro atoms. The average molecular weight is 231 g/mol. The molecule has 1 N–H and O–H groups in total. The summed E-state index contributed by atoms with van der Waals surface area (Å²) in [5.41, 5.74) is 0. The molecule has 2 heteroatoms. The number of hydrogen-bond donors (Lipinski definition) is 1. The summed E-state index contributed by atoms with van der Waals surface area (Å²) in [4.78, 5) is 0. The maximum Gasteiger partial charge on any atom is 0.0130 e. The molecule has 0 saturated heterocycles. The second-order valence-corrected chi connectivity index (χ2v) is 5.70. The lowest BCUT2D eigenvalue weighted by atomic mass is 9.99. The Morgan fingerprint density at radius 3 is 2.47 bits per heavy atom. The van der Waals surface area contributed by atoms with Crippen molar-refractivity contribution in [2.45, 2.75) is 59.4 Å². The fraction of sp³-hybridized carbons (Fsp3) is 1.00. The molecule has 0 aromatic rings. The van der Waals surface area contributed by atoms with Crippen LogP contribution >= 0.6 is 11.8 Å². The van der Waals surface area contributed by atoms with Gasteiger partial charge in [-0.15, -0.1) is 0 Å². The van der Waals surface area contributed by atoms with Crippen LogP contribution in [0.2, 0.25) is 0 Å². The van der Waals surface area contributed by atoms with Crippen molar-refractivity contribution >= 4 is 11.8 Å². The van der Waals surface area contributed by atoms with Gasteiger partial charge in [-0.1, -0.05) is 40.0 Å². The first kappa shape index (κ1) is 15.3. The third-order valence-electron chi connectivity index (χ3n) is 2.87. The molecule has 0 fully saturated rings. The minimum atomic E-state index is 0.672. The molecule has 15 heavy (non-hydrogen) atoms.